The third-order valence-corrected chi connectivity index (χ3v) is 4.86. The monoisotopic (exact) mass is 408 g/mol. The summed E-state index contributed by atoms with van der Waals surface area (Å²) in [4.78, 5) is 9.47. The maximum Gasteiger partial charge on any atom is 0.193 e. The van der Waals surface area contributed by atoms with Gasteiger partial charge in [0.2, 0.25) is 0 Å². The molecule has 5 nitrogen and oxygen atoms in total. The molecule has 0 aromatic carbocycles. The Bertz CT molecular complexity index is 343. The van der Waals surface area contributed by atoms with Crippen LogP contribution in [0, 0.1) is 5.92 Å². The molecule has 1 atom stereocenters. The van der Waals surface area contributed by atoms with Gasteiger partial charge in [0.15, 0.2) is 5.96 Å². The number of halogens is 1. The summed E-state index contributed by atoms with van der Waals surface area (Å²) < 4.78 is 5.42. The zero-order valence-electron chi connectivity index (χ0n) is 13.1. The van der Waals surface area contributed by atoms with Crippen LogP contribution < -0.4 is 5.32 Å². The fraction of sp³-hybridized carbons (Fsp3) is 0.933. The standard InChI is InChI=1S/C15H28N4O.HI/c1-16-15(17-14-3-2-4-14)19-6-5-13(12-19)11-18-7-9-20-10-8-18;/h13-14H,2-12H2,1H3,(H,16,17);1H. The van der Waals surface area contributed by atoms with Crippen molar-refractivity contribution < 1.29 is 4.74 Å². The fourth-order valence-electron chi connectivity index (χ4n) is 3.36. The van der Waals surface area contributed by atoms with Crippen molar-refractivity contribution in [2.24, 2.45) is 10.9 Å². The van der Waals surface area contributed by atoms with Gasteiger partial charge < -0.3 is 15.0 Å². The number of nitrogens with zero attached hydrogens (tertiary/aromatic N) is 3. The largest absolute Gasteiger partial charge is 0.379 e. The van der Waals surface area contributed by atoms with Crippen LogP contribution in [0.2, 0.25) is 0 Å². The van der Waals surface area contributed by atoms with Gasteiger partial charge in [0.25, 0.3) is 0 Å². The van der Waals surface area contributed by atoms with E-state index in [2.05, 4.69) is 20.1 Å². The van der Waals surface area contributed by atoms with Gasteiger partial charge in [-0.25, -0.2) is 0 Å². The zero-order chi connectivity index (χ0) is 13.8. The van der Waals surface area contributed by atoms with Crippen LogP contribution in [0.5, 0.6) is 0 Å². The quantitative estimate of drug-likeness (QED) is 0.435. The highest BCUT2D eigenvalue weighted by Gasteiger charge is 2.28. The van der Waals surface area contributed by atoms with E-state index in [0.29, 0.717) is 6.04 Å². The SMILES string of the molecule is CN=C(NC1CCC1)N1CCC(CN2CCOCC2)C1.I. The summed E-state index contributed by atoms with van der Waals surface area (Å²) in [6, 6.07) is 0.673. The Morgan fingerprint density at radius 2 is 1.95 bits per heavy atom. The smallest absolute Gasteiger partial charge is 0.193 e. The van der Waals surface area contributed by atoms with Crippen molar-refractivity contribution in [1.82, 2.24) is 15.1 Å². The minimum absolute atomic E-state index is 0. The number of morpholine rings is 1. The fourth-order valence-corrected chi connectivity index (χ4v) is 3.36. The van der Waals surface area contributed by atoms with E-state index in [9.17, 15) is 0 Å². The van der Waals surface area contributed by atoms with E-state index in [1.807, 2.05) is 7.05 Å². The van der Waals surface area contributed by atoms with Gasteiger partial charge in [0.05, 0.1) is 13.2 Å². The van der Waals surface area contributed by atoms with Crippen molar-refractivity contribution in [2.75, 3.05) is 53.0 Å². The molecule has 1 unspecified atom stereocenters. The second-order valence-electron chi connectivity index (χ2n) is 6.33. The minimum atomic E-state index is 0. The van der Waals surface area contributed by atoms with Gasteiger partial charge in [-0.2, -0.15) is 0 Å². The maximum absolute atomic E-state index is 5.42. The molecule has 1 saturated carbocycles. The molecule has 0 amide bonds. The Balaban J connectivity index is 0.00000161. The van der Waals surface area contributed by atoms with Crippen LogP contribution in [0.1, 0.15) is 25.7 Å². The maximum atomic E-state index is 5.42. The first kappa shape index (κ1) is 17.3. The third kappa shape index (κ3) is 4.69. The van der Waals surface area contributed by atoms with Crippen LogP contribution in [-0.2, 0) is 4.74 Å². The molecule has 1 N–H and O–H groups in total. The van der Waals surface area contributed by atoms with Gasteiger partial charge in [0, 0.05) is 45.8 Å². The van der Waals surface area contributed by atoms with E-state index in [1.165, 1.54) is 32.2 Å². The van der Waals surface area contributed by atoms with E-state index >= 15 is 0 Å². The number of hydrogen-bond acceptors (Lipinski definition) is 3. The molecule has 2 aliphatic heterocycles. The first-order chi connectivity index (χ1) is 9.85. The summed E-state index contributed by atoms with van der Waals surface area (Å²) in [5.74, 6) is 1.91. The highest BCUT2D eigenvalue weighted by Crippen LogP contribution is 2.21. The van der Waals surface area contributed by atoms with Crippen LogP contribution >= 0.6 is 24.0 Å². The molecule has 6 heteroatoms. The van der Waals surface area contributed by atoms with Crippen molar-refractivity contribution in [3.8, 4) is 0 Å². The molecule has 0 bridgehead atoms. The molecule has 2 saturated heterocycles. The Labute approximate surface area is 145 Å². The molecule has 0 aromatic rings. The van der Waals surface area contributed by atoms with Crippen LogP contribution in [0.3, 0.4) is 0 Å². The molecular weight excluding hydrogens is 379 g/mol. The number of guanidine groups is 1. The lowest BCUT2D eigenvalue weighted by molar-refractivity contribution is 0.0315. The first-order valence-electron chi connectivity index (χ1n) is 8.13. The van der Waals surface area contributed by atoms with Gasteiger partial charge in [0.1, 0.15) is 0 Å². The number of hydrogen-bond donors (Lipinski definition) is 1. The number of aliphatic imine (C=N–C) groups is 1. The third-order valence-electron chi connectivity index (χ3n) is 4.86. The predicted molar refractivity (Wildman–Crippen MR) is 96.5 cm³/mol. The summed E-state index contributed by atoms with van der Waals surface area (Å²) in [5.41, 5.74) is 0. The van der Waals surface area contributed by atoms with Crippen LogP contribution in [-0.4, -0.2) is 74.8 Å². The number of likely N-dealkylation sites (tertiary alicyclic amines) is 1. The molecule has 0 radical (unpaired) electrons. The van der Waals surface area contributed by atoms with E-state index in [0.717, 1.165) is 51.3 Å². The summed E-state index contributed by atoms with van der Waals surface area (Å²) in [6.45, 7) is 7.55. The summed E-state index contributed by atoms with van der Waals surface area (Å²) in [7, 11) is 1.91. The van der Waals surface area contributed by atoms with Crippen LogP contribution in [0.4, 0.5) is 0 Å². The van der Waals surface area contributed by atoms with Crippen LogP contribution in [0.25, 0.3) is 0 Å². The molecule has 2 heterocycles. The highest BCUT2D eigenvalue weighted by molar-refractivity contribution is 14.0. The first-order valence-corrected chi connectivity index (χ1v) is 8.13. The minimum Gasteiger partial charge on any atom is -0.379 e. The topological polar surface area (TPSA) is 40.1 Å². The van der Waals surface area contributed by atoms with E-state index in [-0.39, 0.29) is 24.0 Å². The van der Waals surface area contributed by atoms with E-state index < -0.39 is 0 Å². The zero-order valence-corrected chi connectivity index (χ0v) is 15.4. The molecule has 3 fully saturated rings. The molecule has 0 aromatic heterocycles. The number of ether oxygens (including phenoxy) is 1. The lowest BCUT2D eigenvalue weighted by Crippen LogP contribution is -2.48. The number of rotatable bonds is 3. The van der Waals surface area contributed by atoms with Crippen molar-refractivity contribution >= 4 is 29.9 Å². The van der Waals surface area contributed by atoms with Gasteiger partial charge in [-0.3, -0.25) is 9.89 Å². The molecule has 1 aliphatic carbocycles. The summed E-state index contributed by atoms with van der Waals surface area (Å²) in [6.07, 6.45) is 5.28. The predicted octanol–water partition coefficient (Wildman–Crippen LogP) is 1.39. The van der Waals surface area contributed by atoms with Gasteiger partial charge in [-0.1, -0.05) is 0 Å². The lowest BCUT2D eigenvalue weighted by Gasteiger charge is -2.32. The van der Waals surface area contributed by atoms with Crippen molar-refractivity contribution in [3.05, 3.63) is 0 Å². The van der Waals surface area contributed by atoms with Gasteiger partial charge in [-0.15, -0.1) is 24.0 Å². The molecule has 3 rings (SSSR count). The van der Waals surface area contributed by atoms with Crippen molar-refractivity contribution in [3.63, 3.8) is 0 Å². The Kier molecular flexibility index (Phi) is 7.01. The molecule has 0 spiro atoms. The highest BCUT2D eigenvalue weighted by atomic mass is 127. The molecule has 3 aliphatic rings. The normalized spacial score (nSPS) is 28.1. The van der Waals surface area contributed by atoms with E-state index in [1.54, 1.807) is 0 Å². The summed E-state index contributed by atoms with van der Waals surface area (Å²) in [5, 5.41) is 3.61. The van der Waals surface area contributed by atoms with Gasteiger partial charge >= 0.3 is 0 Å². The molecular formula is C15H29IN4O. The second kappa shape index (κ2) is 8.53. The Morgan fingerprint density at radius 3 is 2.57 bits per heavy atom. The van der Waals surface area contributed by atoms with E-state index in [4.69, 9.17) is 4.74 Å². The van der Waals surface area contributed by atoms with Gasteiger partial charge in [-0.05, 0) is 31.6 Å². The van der Waals surface area contributed by atoms with Crippen molar-refractivity contribution in [2.45, 2.75) is 31.7 Å². The lowest BCUT2D eigenvalue weighted by atomic mass is 9.93. The summed E-state index contributed by atoms with van der Waals surface area (Å²) >= 11 is 0. The Hall–Kier alpha value is -0.0800. The second-order valence-corrected chi connectivity index (χ2v) is 6.33. The number of nitrogens with one attached hydrogen (secondary N) is 1. The molecule has 122 valence electrons. The van der Waals surface area contributed by atoms with Crippen molar-refractivity contribution in [1.29, 1.82) is 0 Å². The van der Waals surface area contributed by atoms with Crippen LogP contribution in [0.15, 0.2) is 4.99 Å². The average Bonchev–Trinajstić information content (AvgIpc) is 2.87. The Morgan fingerprint density at radius 1 is 1.19 bits per heavy atom. The molecule has 21 heavy (non-hydrogen) atoms. The average molecular weight is 408 g/mol.